The summed E-state index contributed by atoms with van der Waals surface area (Å²) in [6, 6.07) is 9.88. The number of nitrogens with zero attached hydrogens (tertiary/aromatic N) is 2. The maximum Gasteiger partial charge on any atom is 0.127 e. The molecule has 3 aromatic rings. The normalized spacial score (nSPS) is 14.7. The Morgan fingerprint density at radius 1 is 0.558 bits per heavy atom. The largest absolute Gasteiger partial charge is 0.355 e. The Morgan fingerprint density at radius 3 is 1.58 bits per heavy atom. The number of carbonyl (C=O) groups excluding carboxylic acids is 4. The maximum absolute atomic E-state index is 13.3. The maximum atomic E-state index is 13.3. The van der Waals surface area contributed by atoms with E-state index in [1.165, 1.54) is 0 Å². The van der Waals surface area contributed by atoms with Gasteiger partial charge < -0.3 is 29.1 Å². The Kier molecular flexibility index (Phi) is 13.8. The molecule has 4 unspecified atom stereocenters. The summed E-state index contributed by atoms with van der Waals surface area (Å²) in [5.41, 5.74) is 8.86. The Bertz CT molecular complexity index is 1970. The number of hydrogen-bond acceptors (Lipinski definition) is 6. The molecule has 2 N–H and O–H groups in total. The Balaban J connectivity index is 2.06. The van der Waals surface area contributed by atoms with Gasteiger partial charge in [-0.1, -0.05) is 79.1 Å². The third-order valence-electron chi connectivity index (χ3n) is 10.4. The minimum Gasteiger partial charge on any atom is -0.355 e. The number of H-pyrrole nitrogens is 2. The second-order valence-corrected chi connectivity index (χ2v) is 14.3. The molecule has 2 aliphatic rings. The minimum absolute atomic E-state index is 0.433. The number of unbranched alkanes of at least 4 members (excludes halogenated alkanes) is 4. The second kappa shape index (κ2) is 18.7. The Morgan fingerprint density at radius 2 is 1.04 bits per heavy atom. The number of nitrogens with one attached hydrogen (secondary N) is 2. The molecule has 52 heavy (non-hydrogen) atoms. The lowest BCUT2D eigenvalue weighted by atomic mass is 9.81. The van der Waals surface area contributed by atoms with Gasteiger partial charge in [0.15, 0.2) is 0 Å². The number of fused-ring (bicyclic) bond motifs is 8. The summed E-state index contributed by atoms with van der Waals surface area (Å²) in [4.78, 5) is 69.9. The van der Waals surface area contributed by atoms with Crippen molar-refractivity contribution in [2.24, 2.45) is 5.92 Å². The van der Waals surface area contributed by atoms with E-state index in [9.17, 15) is 19.2 Å². The van der Waals surface area contributed by atoms with Crippen LogP contribution >= 0.6 is 0 Å². The molecule has 0 spiro atoms. The molecule has 5 rings (SSSR count). The molecule has 0 radical (unpaired) electrons. The average Bonchev–Trinajstić information content (AvgIpc) is 3.96. The summed E-state index contributed by atoms with van der Waals surface area (Å²) in [5.74, 6) is -2.01. The average molecular weight is 703 g/mol. The van der Waals surface area contributed by atoms with E-state index in [1.54, 1.807) is 0 Å². The minimum atomic E-state index is -0.573. The molecule has 0 aliphatic carbocycles. The number of allylic oxidation sites excluding steroid dienone is 1. The second-order valence-electron chi connectivity index (χ2n) is 14.3. The first-order valence-corrected chi connectivity index (χ1v) is 19.4. The third-order valence-corrected chi connectivity index (χ3v) is 10.4. The van der Waals surface area contributed by atoms with E-state index in [-0.39, 0.29) is 0 Å². The predicted molar refractivity (Wildman–Crippen MR) is 212 cm³/mol. The quantitative estimate of drug-likeness (QED) is 0.0883. The highest BCUT2D eigenvalue weighted by Crippen LogP contribution is 2.44. The van der Waals surface area contributed by atoms with Gasteiger partial charge in [-0.2, -0.15) is 0 Å². The molecule has 0 fully saturated rings. The van der Waals surface area contributed by atoms with Crippen LogP contribution < -0.4 is 0 Å². The molecule has 8 heteroatoms. The Hall–Kier alpha value is -4.72. The first-order valence-electron chi connectivity index (χ1n) is 19.4. The molecule has 0 aromatic carbocycles. The fraction of sp³-hybridized carbons (Fsp3) is 0.455. The molecule has 3 aromatic heterocycles. The molecule has 0 amide bonds. The molecule has 8 bridgehead atoms. The van der Waals surface area contributed by atoms with Gasteiger partial charge in [-0.05, 0) is 90.9 Å². The summed E-state index contributed by atoms with van der Waals surface area (Å²) in [7, 11) is 0. The number of aromatic nitrogens is 4. The lowest BCUT2D eigenvalue weighted by Gasteiger charge is -2.21. The zero-order valence-corrected chi connectivity index (χ0v) is 31.3. The van der Waals surface area contributed by atoms with Crippen molar-refractivity contribution >= 4 is 71.0 Å². The molecule has 274 valence electrons. The van der Waals surface area contributed by atoms with Gasteiger partial charge in [-0.25, -0.2) is 9.97 Å². The van der Waals surface area contributed by atoms with Crippen molar-refractivity contribution in [3.05, 3.63) is 69.8 Å². The van der Waals surface area contributed by atoms with E-state index < -0.39 is 23.7 Å². The van der Waals surface area contributed by atoms with Crippen molar-refractivity contribution in [1.82, 2.24) is 19.9 Å². The summed E-state index contributed by atoms with van der Waals surface area (Å²) in [6.07, 6.45) is 19.3. The first kappa shape index (κ1) is 38.5. The zero-order chi connectivity index (χ0) is 37.0. The summed E-state index contributed by atoms with van der Waals surface area (Å²) >= 11 is 0. The highest BCUT2D eigenvalue weighted by molar-refractivity contribution is 5.96. The van der Waals surface area contributed by atoms with E-state index in [1.807, 2.05) is 48.6 Å². The van der Waals surface area contributed by atoms with E-state index in [0.29, 0.717) is 59.4 Å². The van der Waals surface area contributed by atoms with Crippen LogP contribution in [-0.2, 0) is 19.2 Å². The summed E-state index contributed by atoms with van der Waals surface area (Å²) < 4.78 is 0. The monoisotopic (exact) mass is 702 g/mol. The van der Waals surface area contributed by atoms with Gasteiger partial charge in [0.05, 0.1) is 22.8 Å². The van der Waals surface area contributed by atoms with Crippen molar-refractivity contribution in [3.8, 4) is 0 Å². The molecule has 5 heterocycles. The molecule has 0 saturated heterocycles. The van der Waals surface area contributed by atoms with Gasteiger partial charge in [-0.15, -0.1) is 0 Å². The van der Waals surface area contributed by atoms with Gasteiger partial charge in [0.1, 0.15) is 25.1 Å². The molecule has 4 atom stereocenters. The number of aromatic amines is 2. The van der Waals surface area contributed by atoms with Crippen molar-refractivity contribution in [3.63, 3.8) is 0 Å². The van der Waals surface area contributed by atoms with Crippen LogP contribution in [0.2, 0.25) is 0 Å². The lowest BCUT2D eigenvalue weighted by Crippen LogP contribution is -2.12. The molecule has 8 nitrogen and oxygen atoms in total. The number of hydrogen-bond donors (Lipinski definition) is 2. The molecule has 2 aliphatic heterocycles. The summed E-state index contributed by atoms with van der Waals surface area (Å²) in [6.45, 7) is 8.41. The van der Waals surface area contributed by atoms with E-state index in [0.717, 1.165) is 110 Å². The first-order chi connectivity index (χ1) is 25.4. The van der Waals surface area contributed by atoms with Gasteiger partial charge in [0, 0.05) is 51.3 Å². The van der Waals surface area contributed by atoms with Crippen molar-refractivity contribution in [1.29, 1.82) is 0 Å². The van der Waals surface area contributed by atoms with Gasteiger partial charge >= 0.3 is 0 Å². The van der Waals surface area contributed by atoms with Crippen LogP contribution in [0.3, 0.4) is 0 Å². The van der Waals surface area contributed by atoms with Crippen molar-refractivity contribution < 1.29 is 19.2 Å². The third kappa shape index (κ3) is 8.66. The smallest absolute Gasteiger partial charge is 0.127 e. The topological polar surface area (TPSA) is 126 Å². The molecular formula is C44H54N4O4. The Labute approximate surface area is 307 Å². The number of carbonyl (C=O) groups is 4. The van der Waals surface area contributed by atoms with E-state index in [2.05, 4.69) is 37.7 Å². The van der Waals surface area contributed by atoms with Crippen LogP contribution in [-0.4, -0.2) is 45.1 Å². The number of rotatable bonds is 20. The molecule has 0 saturated carbocycles. The highest BCUT2D eigenvalue weighted by Gasteiger charge is 2.32. The van der Waals surface area contributed by atoms with Crippen LogP contribution in [0.4, 0.5) is 0 Å². The van der Waals surface area contributed by atoms with Gasteiger partial charge in [0.25, 0.3) is 0 Å². The highest BCUT2D eigenvalue weighted by atomic mass is 16.1. The SMILES string of the molecule is CCCCC(C=O)C1=Cc2cc3ccc(cc4nc(cc5[nH]c(c(C(C=O)CCCC)c1n2)c(C(C=O)CCCC)c5C(C=O)CCCC)C=C4)[nH]3. The molecular weight excluding hydrogens is 649 g/mol. The van der Waals surface area contributed by atoms with Gasteiger partial charge in [-0.3, -0.25) is 0 Å². The van der Waals surface area contributed by atoms with E-state index in [4.69, 9.17) is 9.97 Å². The standard InChI is InChI=1S/C44H54N4O4/c1-5-9-13-29(25-49)38-23-37-22-35-18-17-33(45-35)21-34-19-20-36(46-34)24-39-40(30(26-50)14-10-6-2)41(31(27-51)15-11-7-3)44(48-39)42(43(38)47-37)32(28-52)16-12-8-4/h17-32,45,48H,5-16H2,1-4H3. The summed E-state index contributed by atoms with van der Waals surface area (Å²) in [5, 5.41) is 0. The fourth-order valence-electron chi connectivity index (χ4n) is 7.62. The van der Waals surface area contributed by atoms with Crippen LogP contribution in [0.25, 0.3) is 45.9 Å². The lowest BCUT2D eigenvalue weighted by molar-refractivity contribution is -0.110. The predicted octanol–water partition coefficient (Wildman–Crippen LogP) is 10.4. The van der Waals surface area contributed by atoms with Crippen molar-refractivity contribution in [2.45, 2.75) is 122 Å². The van der Waals surface area contributed by atoms with E-state index >= 15 is 0 Å². The fourth-order valence-corrected chi connectivity index (χ4v) is 7.62. The zero-order valence-electron chi connectivity index (χ0n) is 31.3. The van der Waals surface area contributed by atoms with Crippen LogP contribution in [0, 0.1) is 5.92 Å². The van der Waals surface area contributed by atoms with Gasteiger partial charge in [0.2, 0.25) is 0 Å². The van der Waals surface area contributed by atoms with Crippen LogP contribution in [0.5, 0.6) is 0 Å². The number of aldehydes is 4. The van der Waals surface area contributed by atoms with Crippen LogP contribution in [0.15, 0.2) is 30.3 Å². The van der Waals surface area contributed by atoms with Crippen LogP contribution in [0.1, 0.15) is 162 Å². The van der Waals surface area contributed by atoms with Crippen molar-refractivity contribution in [2.75, 3.05) is 0 Å².